The highest BCUT2D eigenvalue weighted by atomic mass is 16.5. The van der Waals surface area contributed by atoms with Gasteiger partial charge in [-0.25, -0.2) is 0 Å². The summed E-state index contributed by atoms with van der Waals surface area (Å²) in [5, 5.41) is 7.26. The summed E-state index contributed by atoms with van der Waals surface area (Å²) in [5.41, 5.74) is 1.59. The van der Waals surface area contributed by atoms with Gasteiger partial charge in [-0.15, -0.1) is 0 Å². The molecule has 0 atom stereocenters. The molecule has 0 saturated carbocycles. The lowest BCUT2D eigenvalue weighted by Crippen LogP contribution is -2.11. The number of aromatic nitrogens is 2. The molecule has 0 fully saturated rings. The summed E-state index contributed by atoms with van der Waals surface area (Å²) < 4.78 is 4.64. The van der Waals surface area contributed by atoms with Crippen LogP contribution in [0, 0.1) is 0 Å². The molecule has 5 nitrogen and oxygen atoms in total. The molecule has 3 aromatic rings. The minimum Gasteiger partial charge on any atom is -0.363 e. The predicted molar refractivity (Wildman–Crippen MR) is 62.8 cm³/mol. The summed E-state index contributed by atoms with van der Waals surface area (Å²) in [6, 6.07) is 8.96. The van der Waals surface area contributed by atoms with E-state index in [1.54, 1.807) is 12.1 Å². The van der Waals surface area contributed by atoms with Crippen molar-refractivity contribution in [2.45, 2.75) is 0 Å². The number of hydrogen-bond acceptors (Lipinski definition) is 3. The lowest BCUT2D eigenvalue weighted by atomic mass is 10.1. The van der Waals surface area contributed by atoms with Gasteiger partial charge in [-0.2, -0.15) is 0 Å². The van der Waals surface area contributed by atoms with Gasteiger partial charge in [-0.1, -0.05) is 5.16 Å². The van der Waals surface area contributed by atoms with Gasteiger partial charge in [0.1, 0.15) is 6.26 Å². The molecule has 2 aromatic heterocycles. The number of H-pyrrole nitrogens is 1. The van der Waals surface area contributed by atoms with Crippen LogP contribution in [0.25, 0.3) is 10.9 Å². The average Bonchev–Trinajstić information content (AvgIpc) is 2.97. The largest absolute Gasteiger partial charge is 0.363 e. The predicted octanol–water partition coefficient (Wildman–Crippen LogP) is 2.41. The quantitative estimate of drug-likeness (QED) is 0.706. The van der Waals surface area contributed by atoms with E-state index in [9.17, 15) is 4.79 Å². The third kappa shape index (κ3) is 1.78. The Morgan fingerprint density at radius 3 is 3.06 bits per heavy atom. The highest BCUT2D eigenvalue weighted by molar-refractivity contribution is 6.05. The van der Waals surface area contributed by atoms with Gasteiger partial charge in [0, 0.05) is 28.7 Å². The van der Waals surface area contributed by atoms with Crippen LogP contribution in [0.1, 0.15) is 10.4 Å². The van der Waals surface area contributed by atoms with Crippen molar-refractivity contribution in [3.63, 3.8) is 0 Å². The average molecular weight is 227 g/mol. The SMILES string of the molecule is O=C(Nc1ccon1)c1ccc2[nH]ccc2c1. The van der Waals surface area contributed by atoms with Gasteiger partial charge in [-0.05, 0) is 24.3 Å². The van der Waals surface area contributed by atoms with Crippen molar-refractivity contribution in [2.75, 3.05) is 5.32 Å². The first-order valence-electron chi connectivity index (χ1n) is 5.12. The Morgan fingerprint density at radius 2 is 2.24 bits per heavy atom. The molecule has 0 spiro atoms. The van der Waals surface area contributed by atoms with Crippen molar-refractivity contribution in [1.29, 1.82) is 0 Å². The molecule has 0 saturated heterocycles. The van der Waals surface area contributed by atoms with Crippen LogP contribution in [0.3, 0.4) is 0 Å². The fourth-order valence-corrected chi connectivity index (χ4v) is 1.66. The van der Waals surface area contributed by atoms with Gasteiger partial charge in [0.05, 0.1) is 0 Å². The van der Waals surface area contributed by atoms with Crippen LogP contribution in [-0.2, 0) is 0 Å². The number of aromatic amines is 1. The zero-order valence-corrected chi connectivity index (χ0v) is 8.81. The fraction of sp³-hybridized carbons (Fsp3) is 0. The molecular weight excluding hydrogens is 218 g/mol. The van der Waals surface area contributed by atoms with Gasteiger partial charge < -0.3 is 14.8 Å². The van der Waals surface area contributed by atoms with Crippen LogP contribution in [0.4, 0.5) is 5.82 Å². The number of fused-ring (bicyclic) bond motifs is 1. The molecule has 17 heavy (non-hydrogen) atoms. The van der Waals surface area contributed by atoms with Gasteiger partial charge >= 0.3 is 0 Å². The molecule has 1 amide bonds. The van der Waals surface area contributed by atoms with E-state index >= 15 is 0 Å². The molecule has 1 aromatic carbocycles. The molecule has 84 valence electrons. The normalized spacial score (nSPS) is 10.6. The van der Waals surface area contributed by atoms with Crippen LogP contribution in [0.2, 0.25) is 0 Å². The highest BCUT2D eigenvalue weighted by Crippen LogP contribution is 2.15. The van der Waals surface area contributed by atoms with Crippen molar-refractivity contribution >= 4 is 22.6 Å². The van der Waals surface area contributed by atoms with Crippen molar-refractivity contribution in [3.05, 3.63) is 48.4 Å². The zero-order valence-electron chi connectivity index (χ0n) is 8.81. The third-order valence-corrected chi connectivity index (χ3v) is 2.49. The van der Waals surface area contributed by atoms with Crippen molar-refractivity contribution < 1.29 is 9.32 Å². The Morgan fingerprint density at radius 1 is 1.29 bits per heavy atom. The summed E-state index contributed by atoms with van der Waals surface area (Å²) in [6.45, 7) is 0. The minimum absolute atomic E-state index is 0.206. The van der Waals surface area contributed by atoms with E-state index in [-0.39, 0.29) is 5.91 Å². The Hall–Kier alpha value is -2.56. The first-order chi connectivity index (χ1) is 8.33. The molecule has 0 aliphatic rings. The lowest BCUT2D eigenvalue weighted by Gasteiger charge is -2.01. The van der Waals surface area contributed by atoms with Crippen LogP contribution >= 0.6 is 0 Å². The van der Waals surface area contributed by atoms with Gasteiger partial charge in [0.2, 0.25) is 0 Å². The van der Waals surface area contributed by atoms with Crippen LogP contribution < -0.4 is 5.32 Å². The van der Waals surface area contributed by atoms with Crippen LogP contribution in [0.5, 0.6) is 0 Å². The van der Waals surface area contributed by atoms with Crippen molar-refractivity contribution in [2.24, 2.45) is 0 Å². The van der Waals surface area contributed by atoms with E-state index in [2.05, 4.69) is 20.0 Å². The standard InChI is InChI=1S/C12H9N3O2/c16-12(14-11-4-6-17-15-11)9-1-2-10-8(7-9)3-5-13-10/h1-7,13H,(H,14,15,16). The second-order valence-electron chi connectivity index (χ2n) is 3.62. The number of nitrogens with one attached hydrogen (secondary N) is 2. The smallest absolute Gasteiger partial charge is 0.256 e. The summed E-state index contributed by atoms with van der Waals surface area (Å²) in [4.78, 5) is 14.9. The zero-order chi connectivity index (χ0) is 11.7. The number of nitrogens with zero attached hydrogens (tertiary/aromatic N) is 1. The van der Waals surface area contributed by atoms with Crippen molar-refractivity contribution in [1.82, 2.24) is 10.1 Å². The summed E-state index contributed by atoms with van der Waals surface area (Å²) >= 11 is 0. The second-order valence-corrected chi connectivity index (χ2v) is 3.62. The van der Waals surface area contributed by atoms with E-state index in [1.807, 2.05) is 24.4 Å². The van der Waals surface area contributed by atoms with Gasteiger partial charge in [0.25, 0.3) is 5.91 Å². The number of amides is 1. The number of benzene rings is 1. The first kappa shape index (κ1) is 9.65. The number of carbonyl (C=O) groups is 1. The molecule has 2 heterocycles. The van der Waals surface area contributed by atoms with E-state index in [0.717, 1.165) is 10.9 Å². The fourth-order valence-electron chi connectivity index (χ4n) is 1.66. The number of carbonyl (C=O) groups excluding carboxylic acids is 1. The van der Waals surface area contributed by atoms with E-state index < -0.39 is 0 Å². The minimum atomic E-state index is -0.206. The molecule has 0 radical (unpaired) electrons. The van der Waals surface area contributed by atoms with Gasteiger partial charge in [0.15, 0.2) is 5.82 Å². The molecule has 0 unspecified atom stereocenters. The maximum Gasteiger partial charge on any atom is 0.256 e. The lowest BCUT2D eigenvalue weighted by molar-refractivity contribution is 0.102. The Labute approximate surface area is 96.4 Å². The van der Waals surface area contributed by atoms with Crippen LogP contribution in [0.15, 0.2) is 47.3 Å². The van der Waals surface area contributed by atoms with E-state index in [0.29, 0.717) is 11.4 Å². The molecule has 0 bridgehead atoms. The summed E-state index contributed by atoms with van der Waals surface area (Å²) in [6.07, 6.45) is 3.24. The summed E-state index contributed by atoms with van der Waals surface area (Å²) in [5.74, 6) is 0.200. The third-order valence-electron chi connectivity index (χ3n) is 2.49. The Bertz CT molecular complexity index is 655. The number of rotatable bonds is 2. The second kappa shape index (κ2) is 3.79. The topological polar surface area (TPSA) is 70.9 Å². The molecule has 3 rings (SSSR count). The summed E-state index contributed by atoms with van der Waals surface area (Å²) in [7, 11) is 0. The van der Waals surface area contributed by atoms with E-state index in [4.69, 9.17) is 0 Å². The molecule has 0 aliphatic carbocycles. The molecule has 0 aliphatic heterocycles. The molecule has 5 heteroatoms. The Kier molecular flexibility index (Phi) is 2.15. The monoisotopic (exact) mass is 227 g/mol. The number of hydrogen-bond donors (Lipinski definition) is 2. The van der Waals surface area contributed by atoms with Gasteiger partial charge in [-0.3, -0.25) is 4.79 Å². The van der Waals surface area contributed by atoms with Crippen molar-refractivity contribution in [3.8, 4) is 0 Å². The maximum absolute atomic E-state index is 11.9. The van der Waals surface area contributed by atoms with Crippen LogP contribution in [-0.4, -0.2) is 16.0 Å². The maximum atomic E-state index is 11.9. The molecular formula is C12H9N3O2. The van der Waals surface area contributed by atoms with E-state index in [1.165, 1.54) is 6.26 Å². The highest BCUT2D eigenvalue weighted by Gasteiger charge is 2.08. The first-order valence-corrected chi connectivity index (χ1v) is 5.12. The number of anilines is 1. The Balaban J connectivity index is 1.90. The molecule has 2 N–H and O–H groups in total.